The lowest BCUT2D eigenvalue weighted by molar-refractivity contribution is 0.0694. The molecule has 8 nitrogen and oxygen atoms in total. The highest BCUT2D eigenvalue weighted by molar-refractivity contribution is 5.94. The van der Waals surface area contributed by atoms with Gasteiger partial charge in [-0.2, -0.15) is 15.0 Å². The smallest absolute Gasteiger partial charge is 0.337 e. The molecule has 0 bridgehead atoms. The van der Waals surface area contributed by atoms with Gasteiger partial charge in [0.1, 0.15) is 5.69 Å². The van der Waals surface area contributed by atoms with Gasteiger partial charge in [-0.3, -0.25) is 4.79 Å². The zero-order valence-corrected chi connectivity index (χ0v) is 14.1. The van der Waals surface area contributed by atoms with Gasteiger partial charge in [-0.25, -0.2) is 9.78 Å². The Kier molecular flexibility index (Phi) is 5.02. The van der Waals surface area contributed by atoms with E-state index in [-0.39, 0.29) is 17.2 Å². The number of benzene rings is 1. The van der Waals surface area contributed by atoms with Gasteiger partial charge in [-0.05, 0) is 31.2 Å². The Balaban J connectivity index is 1.57. The summed E-state index contributed by atoms with van der Waals surface area (Å²) in [5.74, 6) is -1.43. The van der Waals surface area contributed by atoms with Crippen molar-refractivity contribution in [2.24, 2.45) is 0 Å². The topological polar surface area (TPSA) is 110 Å². The summed E-state index contributed by atoms with van der Waals surface area (Å²) in [6.45, 7) is 1.93. The molecule has 1 amide bonds. The molecule has 0 atom stereocenters. The minimum absolute atomic E-state index is 0.0825. The molecule has 0 saturated heterocycles. The molecule has 132 valence electrons. The molecule has 2 aromatic heterocycles. The lowest BCUT2D eigenvalue weighted by Crippen LogP contribution is -2.27. The first-order valence-electron chi connectivity index (χ1n) is 8.00. The van der Waals surface area contributed by atoms with Gasteiger partial charge in [0.2, 0.25) is 0 Å². The number of pyridine rings is 1. The molecule has 0 aliphatic rings. The summed E-state index contributed by atoms with van der Waals surface area (Å²) in [4.78, 5) is 28.7. The third kappa shape index (κ3) is 3.92. The van der Waals surface area contributed by atoms with Gasteiger partial charge >= 0.3 is 5.97 Å². The van der Waals surface area contributed by atoms with E-state index in [1.54, 1.807) is 13.1 Å². The van der Waals surface area contributed by atoms with Crippen LogP contribution in [0.3, 0.4) is 0 Å². The number of nitrogens with zero attached hydrogens (tertiary/aromatic N) is 4. The van der Waals surface area contributed by atoms with Crippen LogP contribution in [-0.2, 0) is 6.42 Å². The van der Waals surface area contributed by atoms with Crippen LogP contribution in [0.1, 0.15) is 32.2 Å². The SMILES string of the molecule is Cc1nc(C(=O)NCCc2cnn(-c3ccccc3)n2)ccc1C(=O)O. The predicted molar refractivity (Wildman–Crippen MR) is 93.3 cm³/mol. The van der Waals surface area contributed by atoms with E-state index in [9.17, 15) is 9.59 Å². The Hall–Kier alpha value is -3.55. The zero-order valence-electron chi connectivity index (χ0n) is 14.1. The molecule has 2 heterocycles. The number of aryl methyl sites for hydroxylation is 1. The van der Waals surface area contributed by atoms with E-state index in [1.165, 1.54) is 16.9 Å². The Morgan fingerprint density at radius 2 is 1.92 bits per heavy atom. The van der Waals surface area contributed by atoms with Gasteiger partial charge < -0.3 is 10.4 Å². The van der Waals surface area contributed by atoms with Crippen LogP contribution in [0.2, 0.25) is 0 Å². The summed E-state index contributed by atoms with van der Waals surface area (Å²) in [7, 11) is 0. The highest BCUT2D eigenvalue weighted by Gasteiger charge is 2.13. The summed E-state index contributed by atoms with van der Waals surface area (Å²) in [5, 5.41) is 20.3. The number of amides is 1. The van der Waals surface area contributed by atoms with Gasteiger partial charge in [0.25, 0.3) is 5.91 Å². The highest BCUT2D eigenvalue weighted by Crippen LogP contribution is 2.07. The second-order valence-electron chi connectivity index (χ2n) is 5.60. The summed E-state index contributed by atoms with van der Waals surface area (Å²) in [5.41, 5.74) is 2.18. The molecule has 2 N–H and O–H groups in total. The van der Waals surface area contributed by atoms with E-state index >= 15 is 0 Å². The Morgan fingerprint density at radius 1 is 1.15 bits per heavy atom. The van der Waals surface area contributed by atoms with E-state index in [0.29, 0.717) is 18.7 Å². The monoisotopic (exact) mass is 351 g/mol. The lowest BCUT2D eigenvalue weighted by atomic mass is 10.2. The van der Waals surface area contributed by atoms with E-state index in [1.807, 2.05) is 30.3 Å². The third-order valence-corrected chi connectivity index (χ3v) is 3.74. The summed E-state index contributed by atoms with van der Waals surface area (Å²) < 4.78 is 0. The van der Waals surface area contributed by atoms with Crippen molar-refractivity contribution in [3.8, 4) is 5.69 Å². The number of carbonyl (C=O) groups excluding carboxylic acids is 1. The molecular formula is C18H17N5O3. The van der Waals surface area contributed by atoms with Gasteiger partial charge in [-0.15, -0.1) is 0 Å². The Bertz CT molecular complexity index is 937. The van der Waals surface area contributed by atoms with E-state index in [0.717, 1.165) is 11.4 Å². The van der Waals surface area contributed by atoms with Crippen molar-refractivity contribution in [2.75, 3.05) is 6.54 Å². The number of aromatic carboxylic acids is 1. The van der Waals surface area contributed by atoms with E-state index < -0.39 is 5.97 Å². The average Bonchev–Trinajstić information content (AvgIpc) is 3.11. The number of hydrogen-bond acceptors (Lipinski definition) is 5. The molecule has 0 radical (unpaired) electrons. The van der Waals surface area contributed by atoms with Crippen LogP contribution < -0.4 is 5.32 Å². The molecule has 0 aliphatic carbocycles. The molecule has 3 rings (SSSR count). The van der Waals surface area contributed by atoms with Crippen LogP contribution in [0.25, 0.3) is 5.69 Å². The van der Waals surface area contributed by atoms with Crippen molar-refractivity contribution >= 4 is 11.9 Å². The summed E-state index contributed by atoms with van der Waals surface area (Å²) in [6, 6.07) is 12.3. The maximum absolute atomic E-state index is 12.1. The number of para-hydroxylation sites is 1. The predicted octanol–water partition coefficient (Wildman–Crippen LogP) is 1.64. The fourth-order valence-corrected chi connectivity index (χ4v) is 2.40. The first-order valence-corrected chi connectivity index (χ1v) is 8.00. The first kappa shape index (κ1) is 17.3. The lowest BCUT2D eigenvalue weighted by Gasteiger charge is -2.05. The molecule has 0 fully saturated rings. The van der Waals surface area contributed by atoms with Crippen LogP contribution >= 0.6 is 0 Å². The zero-order chi connectivity index (χ0) is 18.5. The van der Waals surface area contributed by atoms with Gasteiger partial charge in [0.15, 0.2) is 0 Å². The molecule has 0 saturated carbocycles. The van der Waals surface area contributed by atoms with Crippen LogP contribution in [0.4, 0.5) is 0 Å². The Morgan fingerprint density at radius 3 is 2.62 bits per heavy atom. The second-order valence-corrected chi connectivity index (χ2v) is 5.60. The van der Waals surface area contributed by atoms with Crippen molar-refractivity contribution in [1.29, 1.82) is 0 Å². The van der Waals surface area contributed by atoms with Crippen LogP contribution in [0.5, 0.6) is 0 Å². The summed E-state index contributed by atoms with van der Waals surface area (Å²) in [6.07, 6.45) is 2.17. The van der Waals surface area contributed by atoms with Crippen molar-refractivity contribution < 1.29 is 14.7 Å². The van der Waals surface area contributed by atoms with Gasteiger partial charge in [-0.1, -0.05) is 18.2 Å². The molecule has 0 unspecified atom stereocenters. The minimum Gasteiger partial charge on any atom is -0.478 e. The standard InChI is InChI=1S/C18H17N5O3/c1-12-15(18(25)26)7-8-16(21-12)17(24)19-10-9-13-11-20-23(22-13)14-5-3-2-4-6-14/h2-8,11H,9-10H2,1H3,(H,19,24)(H,25,26). The number of rotatable bonds is 6. The maximum Gasteiger partial charge on any atom is 0.337 e. The molecular weight excluding hydrogens is 334 g/mol. The number of carboxylic acids is 1. The largest absolute Gasteiger partial charge is 0.478 e. The second kappa shape index (κ2) is 7.56. The molecule has 1 aromatic carbocycles. The number of nitrogens with one attached hydrogen (secondary N) is 1. The van der Waals surface area contributed by atoms with E-state index in [4.69, 9.17) is 5.11 Å². The van der Waals surface area contributed by atoms with Crippen molar-refractivity contribution in [2.45, 2.75) is 13.3 Å². The maximum atomic E-state index is 12.1. The fraction of sp³-hybridized carbons (Fsp3) is 0.167. The number of hydrogen-bond donors (Lipinski definition) is 2. The van der Waals surface area contributed by atoms with Crippen molar-refractivity contribution in [1.82, 2.24) is 25.3 Å². The first-order chi connectivity index (χ1) is 12.5. The summed E-state index contributed by atoms with van der Waals surface area (Å²) >= 11 is 0. The minimum atomic E-state index is -1.07. The van der Waals surface area contributed by atoms with Crippen LogP contribution in [0.15, 0.2) is 48.7 Å². The third-order valence-electron chi connectivity index (χ3n) is 3.74. The molecule has 3 aromatic rings. The average molecular weight is 351 g/mol. The Labute approximate surface area is 149 Å². The number of carboxylic acid groups (broad SMARTS) is 1. The van der Waals surface area contributed by atoms with Crippen molar-refractivity contribution in [3.63, 3.8) is 0 Å². The number of aromatic nitrogens is 4. The molecule has 8 heteroatoms. The molecule has 26 heavy (non-hydrogen) atoms. The molecule has 0 spiro atoms. The fourth-order valence-electron chi connectivity index (χ4n) is 2.40. The van der Waals surface area contributed by atoms with Crippen LogP contribution in [0, 0.1) is 6.92 Å². The number of carbonyl (C=O) groups is 2. The van der Waals surface area contributed by atoms with Crippen molar-refractivity contribution in [3.05, 3.63) is 71.3 Å². The quantitative estimate of drug-likeness (QED) is 0.699. The normalized spacial score (nSPS) is 10.5. The van der Waals surface area contributed by atoms with E-state index in [2.05, 4.69) is 20.5 Å². The van der Waals surface area contributed by atoms with Gasteiger partial charge in [0.05, 0.1) is 28.8 Å². The highest BCUT2D eigenvalue weighted by atomic mass is 16.4. The van der Waals surface area contributed by atoms with Gasteiger partial charge in [0, 0.05) is 13.0 Å². The molecule has 0 aliphatic heterocycles. The van der Waals surface area contributed by atoms with Crippen LogP contribution in [-0.4, -0.2) is 43.5 Å².